The molecule has 0 heterocycles. The number of phosphoric ester groups is 1. The highest BCUT2D eigenvalue weighted by Gasteiger charge is 2.25. The van der Waals surface area contributed by atoms with E-state index in [1.54, 1.807) is 0 Å². The third-order valence-electron chi connectivity index (χ3n) is 8.92. The summed E-state index contributed by atoms with van der Waals surface area (Å²) in [5.74, 6) is -0.396. The van der Waals surface area contributed by atoms with E-state index in [1.165, 1.54) is 51.4 Å². The number of carbonyl (C=O) groups excluding carboxylic acids is 1. The van der Waals surface area contributed by atoms with E-state index in [0.29, 0.717) is 13.0 Å². The monoisotopic (exact) mass is 842 g/mol. The molecule has 0 aromatic rings. The van der Waals surface area contributed by atoms with Crippen molar-refractivity contribution in [2.75, 3.05) is 33.0 Å². The molecule has 0 aliphatic carbocycles. The molecule has 0 spiro atoms. The van der Waals surface area contributed by atoms with Crippen molar-refractivity contribution in [3.05, 3.63) is 109 Å². The van der Waals surface area contributed by atoms with Gasteiger partial charge in [0.25, 0.3) is 0 Å². The molecule has 0 aliphatic heterocycles. The second-order valence-corrected chi connectivity index (χ2v) is 16.0. The molecular formula is C50H84NO7P. The molecule has 8 nitrogen and oxygen atoms in total. The van der Waals surface area contributed by atoms with Gasteiger partial charge in [-0.2, -0.15) is 0 Å². The van der Waals surface area contributed by atoms with Gasteiger partial charge in [0, 0.05) is 19.6 Å². The Kier molecular flexibility index (Phi) is 44.0. The van der Waals surface area contributed by atoms with Gasteiger partial charge in [0.1, 0.15) is 6.10 Å². The maximum atomic E-state index is 12.6. The number of hydrogen-bond donors (Lipinski definition) is 2. The normalized spacial score (nSPS) is 14.4. The average Bonchev–Trinajstić information content (AvgIpc) is 3.23. The van der Waals surface area contributed by atoms with E-state index in [0.717, 1.165) is 83.5 Å². The zero-order valence-electron chi connectivity index (χ0n) is 37.2. The van der Waals surface area contributed by atoms with Crippen molar-refractivity contribution in [3.8, 4) is 0 Å². The molecule has 2 atom stereocenters. The highest BCUT2D eigenvalue weighted by molar-refractivity contribution is 7.47. The summed E-state index contributed by atoms with van der Waals surface area (Å²) in [4.78, 5) is 22.5. The van der Waals surface area contributed by atoms with Crippen LogP contribution in [0.2, 0.25) is 0 Å². The Hall–Kier alpha value is -2.84. The van der Waals surface area contributed by atoms with Gasteiger partial charge in [0.05, 0.1) is 19.8 Å². The lowest BCUT2D eigenvalue weighted by molar-refractivity contribution is -0.154. The first-order valence-corrected chi connectivity index (χ1v) is 24.4. The number of phosphoric acid groups is 1. The Bertz CT molecular complexity index is 1260. The number of esters is 1. The molecule has 2 unspecified atom stereocenters. The summed E-state index contributed by atoms with van der Waals surface area (Å²) in [5.41, 5.74) is 5.37. The van der Waals surface area contributed by atoms with Crippen molar-refractivity contribution >= 4 is 13.8 Å². The quantitative estimate of drug-likeness (QED) is 0.0270. The highest BCUT2D eigenvalue weighted by atomic mass is 31.2. The van der Waals surface area contributed by atoms with Crippen LogP contribution in [-0.2, 0) is 27.9 Å². The van der Waals surface area contributed by atoms with E-state index < -0.39 is 19.9 Å². The van der Waals surface area contributed by atoms with Crippen LogP contribution in [0.4, 0.5) is 0 Å². The first-order chi connectivity index (χ1) is 28.9. The van der Waals surface area contributed by atoms with Crippen LogP contribution in [0.3, 0.4) is 0 Å². The van der Waals surface area contributed by atoms with Gasteiger partial charge >= 0.3 is 13.8 Å². The van der Waals surface area contributed by atoms with Gasteiger partial charge in [0.15, 0.2) is 0 Å². The topological polar surface area (TPSA) is 117 Å². The minimum absolute atomic E-state index is 0.0782. The number of carbonyl (C=O) groups is 1. The number of nitrogens with two attached hydrogens (primary N) is 1. The Labute approximate surface area is 361 Å². The predicted molar refractivity (Wildman–Crippen MR) is 251 cm³/mol. The van der Waals surface area contributed by atoms with E-state index in [2.05, 4.69) is 123 Å². The van der Waals surface area contributed by atoms with E-state index in [9.17, 15) is 14.3 Å². The number of allylic oxidation sites excluding steroid dienone is 18. The van der Waals surface area contributed by atoms with Crippen molar-refractivity contribution < 1.29 is 32.8 Å². The SMILES string of the molecule is CC/C=C\C/C=C\C/C=C\C/C=C\C/C=C\C/C=C\C/C=C\CCCC(=O)OC(COCCCCCCCC/C=C\C/C=C\CCCCCC)COP(=O)(O)OCCN. The van der Waals surface area contributed by atoms with Crippen LogP contribution in [0, 0.1) is 0 Å². The molecule has 9 heteroatoms. The van der Waals surface area contributed by atoms with Crippen molar-refractivity contribution in [1.29, 1.82) is 0 Å². The minimum atomic E-state index is -4.31. The highest BCUT2D eigenvalue weighted by Crippen LogP contribution is 2.43. The van der Waals surface area contributed by atoms with Gasteiger partial charge in [-0.25, -0.2) is 4.57 Å². The molecule has 0 fully saturated rings. The Balaban J connectivity index is 4.19. The number of ether oxygens (including phenoxy) is 2. The summed E-state index contributed by atoms with van der Waals surface area (Å²) in [5, 5.41) is 0. The number of unbranched alkanes of at least 4 members (excludes halogenated alkanes) is 11. The lowest BCUT2D eigenvalue weighted by Gasteiger charge is -2.20. The fourth-order valence-electron chi connectivity index (χ4n) is 5.60. The smallest absolute Gasteiger partial charge is 0.457 e. The van der Waals surface area contributed by atoms with Gasteiger partial charge in [0.2, 0.25) is 0 Å². The molecule has 0 rings (SSSR count). The van der Waals surface area contributed by atoms with Gasteiger partial charge in [-0.1, -0.05) is 168 Å². The van der Waals surface area contributed by atoms with Gasteiger partial charge in [-0.15, -0.1) is 0 Å². The maximum absolute atomic E-state index is 12.6. The molecule has 0 aromatic heterocycles. The molecule has 0 aromatic carbocycles. The second-order valence-electron chi connectivity index (χ2n) is 14.5. The van der Waals surface area contributed by atoms with E-state index >= 15 is 0 Å². The minimum Gasteiger partial charge on any atom is -0.457 e. The fourth-order valence-corrected chi connectivity index (χ4v) is 6.37. The van der Waals surface area contributed by atoms with Gasteiger partial charge in [-0.05, 0) is 96.3 Å². The van der Waals surface area contributed by atoms with Crippen molar-refractivity contribution in [2.24, 2.45) is 5.73 Å². The molecule has 59 heavy (non-hydrogen) atoms. The zero-order chi connectivity index (χ0) is 43.0. The third-order valence-corrected chi connectivity index (χ3v) is 9.91. The first-order valence-electron chi connectivity index (χ1n) is 22.9. The van der Waals surface area contributed by atoms with Crippen molar-refractivity contribution in [2.45, 2.75) is 168 Å². The molecule has 0 saturated heterocycles. The molecule has 336 valence electrons. The standard InChI is InChI=1S/C50H84NO7P/c1-3-5-7-9-11-13-15-17-19-21-22-23-24-25-26-27-29-31-33-35-37-39-41-43-50(52)58-49(48-57-59(53,54)56-46-44-51)47-55-45-42-40-38-36-34-32-30-28-20-18-16-14-12-10-8-6-4-2/h5,7,11,13-14,16-17,19-20,22-23,25-26,28-29,31,35,37,49H,3-4,6,8-10,12,15,18,21,24,27,30,32-34,36,38-48,51H2,1-2H3,(H,53,54)/b7-5-,13-11-,16-14-,19-17-,23-22-,26-25-,28-20-,31-29-,37-35-. The van der Waals surface area contributed by atoms with E-state index in [1.807, 2.05) is 0 Å². The van der Waals surface area contributed by atoms with Crippen LogP contribution in [0.5, 0.6) is 0 Å². The van der Waals surface area contributed by atoms with Crippen LogP contribution in [-0.4, -0.2) is 49.9 Å². The van der Waals surface area contributed by atoms with Crippen LogP contribution in [0.25, 0.3) is 0 Å². The summed E-state index contributed by atoms with van der Waals surface area (Å²) in [6, 6.07) is 0. The van der Waals surface area contributed by atoms with Gasteiger partial charge < -0.3 is 20.1 Å². The predicted octanol–water partition coefficient (Wildman–Crippen LogP) is 14.0. The first kappa shape index (κ1) is 56.2. The average molecular weight is 842 g/mol. The summed E-state index contributed by atoms with van der Waals surface area (Å²) in [7, 11) is -4.31. The van der Waals surface area contributed by atoms with Crippen molar-refractivity contribution in [1.82, 2.24) is 0 Å². The summed E-state index contributed by atoms with van der Waals surface area (Å²) >= 11 is 0. The summed E-state index contributed by atoms with van der Waals surface area (Å²) < 4.78 is 33.4. The Morgan fingerprint density at radius 3 is 1.42 bits per heavy atom. The molecule has 0 bridgehead atoms. The van der Waals surface area contributed by atoms with E-state index in [4.69, 9.17) is 24.3 Å². The molecule has 0 radical (unpaired) electrons. The summed E-state index contributed by atoms with van der Waals surface area (Å²) in [6.45, 7) is 4.66. The number of rotatable bonds is 42. The molecule has 0 saturated carbocycles. The molecule has 0 aliphatic rings. The van der Waals surface area contributed by atoms with Gasteiger partial charge in [-0.3, -0.25) is 13.8 Å². The zero-order valence-corrected chi connectivity index (χ0v) is 38.1. The second kappa shape index (κ2) is 46.2. The summed E-state index contributed by atoms with van der Waals surface area (Å²) in [6.07, 6.45) is 62.6. The van der Waals surface area contributed by atoms with Crippen LogP contribution < -0.4 is 5.73 Å². The fraction of sp³-hybridized carbons (Fsp3) is 0.620. The van der Waals surface area contributed by atoms with Crippen LogP contribution >= 0.6 is 7.82 Å². The largest absolute Gasteiger partial charge is 0.472 e. The van der Waals surface area contributed by atoms with Crippen LogP contribution in [0.1, 0.15) is 162 Å². The van der Waals surface area contributed by atoms with Crippen molar-refractivity contribution in [3.63, 3.8) is 0 Å². The molecular weight excluding hydrogens is 758 g/mol. The van der Waals surface area contributed by atoms with Crippen LogP contribution in [0.15, 0.2) is 109 Å². The Morgan fingerprint density at radius 2 is 0.949 bits per heavy atom. The lowest BCUT2D eigenvalue weighted by Crippen LogP contribution is -2.28. The number of hydrogen-bond acceptors (Lipinski definition) is 7. The molecule has 0 amide bonds. The third kappa shape index (κ3) is 46.1. The van der Waals surface area contributed by atoms with E-state index in [-0.39, 0.29) is 32.8 Å². The lowest BCUT2D eigenvalue weighted by atomic mass is 10.1. The maximum Gasteiger partial charge on any atom is 0.472 e. The molecule has 3 N–H and O–H groups in total. The Morgan fingerprint density at radius 1 is 0.525 bits per heavy atom.